The van der Waals surface area contributed by atoms with E-state index in [1.54, 1.807) is 0 Å². The molecular weight excluding hydrogens is 96.1 g/mol. The molecule has 0 amide bonds. The van der Waals surface area contributed by atoms with E-state index in [1.165, 1.54) is 0 Å². The molecule has 0 nitrogen and oxygen atoms in total. The first kappa shape index (κ1) is 7.48. The molecule has 0 aliphatic carbocycles. The molecule has 0 saturated carbocycles. The van der Waals surface area contributed by atoms with Crippen LogP contribution < -0.4 is 0 Å². The van der Waals surface area contributed by atoms with Crippen LogP contribution in [0.5, 0.6) is 0 Å². The van der Waals surface area contributed by atoms with Gasteiger partial charge in [-0.2, -0.15) is 0 Å². The van der Waals surface area contributed by atoms with E-state index in [0.717, 1.165) is 0 Å². The van der Waals surface area contributed by atoms with Gasteiger partial charge in [-0.05, 0) is 6.92 Å². The van der Waals surface area contributed by atoms with Gasteiger partial charge in [-0.3, -0.25) is 0 Å². The molecule has 0 rings (SSSR count). The SMILES string of the molecule is C=CC(C)(C)/C=C\C. The summed E-state index contributed by atoms with van der Waals surface area (Å²) in [5.41, 5.74) is 0.175. The van der Waals surface area contributed by atoms with Gasteiger partial charge in [-0.1, -0.05) is 32.1 Å². The van der Waals surface area contributed by atoms with E-state index in [9.17, 15) is 0 Å². The van der Waals surface area contributed by atoms with Crippen molar-refractivity contribution in [2.24, 2.45) is 5.41 Å². The molecule has 0 fully saturated rings. The van der Waals surface area contributed by atoms with Crippen molar-refractivity contribution < 1.29 is 0 Å². The molecular formula is C8H14. The van der Waals surface area contributed by atoms with Crippen molar-refractivity contribution in [2.75, 3.05) is 0 Å². The van der Waals surface area contributed by atoms with Gasteiger partial charge in [-0.15, -0.1) is 6.58 Å². The van der Waals surface area contributed by atoms with E-state index < -0.39 is 0 Å². The Morgan fingerprint density at radius 3 is 2.00 bits per heavy atom. The van der Waals surface area contributed by atoms with Crippen molar-refractivity contribution in [3.05, 3.63) is 24.8 Å². The predicted octanol–water partition coefficient (Wildman–Crippen LogP) is 2.77. The number of allylic oxidation sites excluding steroid dienone is 3. The van der Waals surface area contributed by atoms with Gasteiger partial charge in [0.15, 0.2) is 0 Å². The van der Waals surface area contributed by atoms with E-state index in [2.05, 4.69) is 26.5 Å². The van der Waals surface area contributed by atoms with Gasteiger partial charge < -0.3 is 0 Å². The van der Waals surface area contributed by atoms with Crippen molar-refractivity contribution >= 4 is 0 Å². The molecule has 0 spiro atoms. The third-order valence-corrected chi connectivity index (χ3v) is 1.12. The highest BCUT2D eigenvalue weighted by molar-refractivity contribution is 5.03. The van der Waals surface area contributed by atoms with Gasteiger partial charge >= 0.3 is 0 Å². The molecule has 8 heavy (non-hydrogen) atoms. The lowest BCUT2D eigenvalue weighted by atomic mass is 9.94. The lowest BCUT2D eigenvalue weighted by Gasteiger charge is -2.11. The van der Waals surface area contributed by atoms with Gasteiger partial charge in [0.2, 0.25) is 0 Å². The van der Waals surface area contributed by atoms with E-state index in [0.29, 0.717) is 0 Å². The summed E-state index contributed by atoms with van der Waals surface area (Å²) >= 11 is 0. The lowest BCUT2D eigenvalue weighted by molar-refractivity contribution is 0.627. The molecule has 0 atom stereocenters. The summed E-state index contributed by atoms with van der Waals surface area (Å²) in [5.74, 6) is 0. The highest BCUT2D eigenvalue weighted by Gasteiger charge is 2.04. The molecule has 0 aromatic carbocycles. The Labute approximate surface area is 51.9 Å². The van der Waals surface area contributed by atoms with Crippen molar-refractivity contribution in [1.82, 2.24) is 0 Å². The molecule has 0 heteroatoms. The normalized spacial score (nSPS) is 12.4. The highest BCUT2D eigenvalue weighted by atomic mass is 14.1. The molecule has 0 heterocycles. The van der Waals surface area contributed by atoms with Crippen molar-refractivity contribution in [1.29, 1.82) is 0 Å². The van der Waals surface area contributed by atoms with Gasteiger partial charge in [-0.25, -0.2) is 0 Å². The van der Waals surface area contributed by atoms with E-state index >= 15 is 0 Å². The van der Waals surface area contributed by atoms with Gasteiger partial charge in [0.1, 0.15) is 0 Å². The zero-order valence-corrected chi connectivity index (χ0v) is 5.94. The molecule has 0 aliphatic rings. The summed E-state index contributed by atoms with van der Waals surface area (Å²) in [7, 11) is 0. The van der Waals surface area contributed by atoms with Crippen molar-refractivity contribution in [2.45, 2.75) is 20.8 Å². The summed E-state index contributed by atoms with van der Waals surface area (Å²) in [5, 5.41) is 0. The van der Waals surface area contributed by atoms with Gasteiger partial charge in [0.05, 0.1) is 0 Å². The first-order chi connectivity index (χ1) is 3.62. The fraction of sp³-hybridized carbons (Fsp3) is 0.500. The maximum atomic E-state index is 3.70. The molecule has 46 valence electrons. The molecule has 0 bridgehead atoms. The Morgan fingerprint density at radius 1 is 1.38 bits per heavy atom. The molecule has 0 radical (unpaired) electrons. The Balaban J connectivity index is 3.90. The summed E-state index contributed by atoms with van der Waals surface area (Å²) < 4.78 is 0. The fourth-order valence-corrected chi connectivity index (χ4v) is 0.498. The summed E-state index contributed by atoms with van der Waals surface area (Å²) in [6, 6.07) is 0. The summed E-state index contributed by atoms with van der Waals surface area (Å²) in [4.78, 5) is 0. The zero-order chi connectivity index (χ0) is 6.62. The molecule has 0 unspecified atom stereocenters. The third kappa shape index (κ3) is 2.62. The van der Waals surface area contributed by atoms with Crippen LogP contribution in [0.2, 0.25) is 0 Å². The van der Waals surface area contributed by atoms with Crippen LogP contribution in [0.15, 0.2) is 24.8 Å². The fourth-order valence-electron chi connectivity index (χ4n) is 0.498. The lowest BCUT2D eigenvalue weighted by Crippen LogP contribution is -1.99. The van der Waals surface area contributed by atoms with Gasteiger partial charge in [0, 0.05) is 5.41 Å². The molecule has 0 aromatic rings. The number of hydrogen-bond donors (Lipinski definition) is 0. The summed E-state index contributed by atoms with van der Waals surface area (Å²) in [6.07, 6.45) is 6.11. The van der Waals surface area contributed by atoms with E-state index in [1.807, 2.05) is 19.1 Å². The molecule has 0 aromatic heterocycles. The first-order valence-electron chi connectivity index (χ1n) is 2.90. The van der Waals surface area contributed by atoms with Crippen LogP contribution in [0.1, 0.15) is 20.8 Å². The second-order valence-corrected chi connectivity index (χ2v) is 2.53. The average molecular weight is 110 g/mol. The highest BCUT2D eigenvalue weighted by Crippen LogP contribution is 2.16. The Morgan fingerprint density at radius 2 is 1.88 bits per heavy atom. The van der Waals surface area contributed by atoms with E-state index in [4.69, 9.17) is 0 Å². The summed E-state index contributed by atoms with van der Waals surface area (Å²) in [6.45, 7) is 9.97. The maximum absolute atomic E-state index is 3.70. The van der Waals surface area contributed by atoms with Crippen LogP contribution in [-0.2, 0) is 0 Å². The maximum Gasteiger partial charge on any atom is 0.000162 e. The van der Waals surface area contributed by atoms with Crippen molar-refractivity contribution in [3.8, 4) is 0 Å². The van der Waals surface area contributed by atoms with Crippen LogP contribution in [0.3, 0.4) is 0 Å². The Hall–Kier alpha value is -0.520. The average Bonchev–Trinajstić information content (AvgIpc) is 1.67. The standard InChI is InChI=1S/C8H14/c1-5-7-8(3,4)6-2/h5-7H,2H2,1,3-4H3/b7-5-. The molecule has 0 saturated heterocycles. The van der Waals surface area contributed by atoms with Crippen LogP contribution in [0, 0.1) is 5.41 Å². The number of rotatable bonds is 2. The Kier molecular flexibility index (Phi) is 2.53. The smallest absolute Gasteiger partial charge is 0.000162 e. The topological polar surface area (TPSA) is 0 Å². The minimum absolute atomic E-state index is 0.175. The Bertz CT molecular complexity index is 96.6. The second-order valence-electron chi connectivity index (χ2n) is 2.53. The largest absolute Gasteiger partial charge is 0.102 e. The van der Waals surface area contributed by atoms with E-state index in [-0.39, 0.29) is 5.41 Å². The first-order valence-corrected chi connectivity index (χ1v) is 2.90. The quantitative estimate of drug-likeness (QED) is 0.479. The molecule has 0 aliphatic heterocycles. The second kappa shape index (κ2) is 2.71. The minimum atomic E-state index is 0.175. The van der Waals surface area contributed by atoms with Crippen LogP contribution in [0.4, 0.5) is 0 Å². The zero-order valence-electron chi connectivity index (χ0n) is 5.94. The minimum Gasteiger partial charge on any atom is -0.102 e. The van der Waals surface area contributed by atoms with Gasteiger partial charge in [0.25, 0.3) is 0 Å². The van der Waals surface area contributed by atoms with Crippen LogP contribution >= 0.6 is 0 Å². The van der Waals surface area contributed by atoms with Crippen LogP contribution in [0.25, 0.3) is 0 Å². The van der Waals surface area contributed by atoms with Crippen molar-refractivity contribution in [3.63, 3.8) is 0 Å². The number of hydrogen-bond acceptors (Lipinski definition) is 0. The monoisotopic (exact) mass is 110 g/mol. The van der Waals surface area contributed by atoms with Crippen LogP contribution in [-0.4, -0.2) is 0 Å². The predicted molar refractivity (Wildman–Crippen MR) is 38.8 cm³/mol. The third-order valence-electron chi connectivity index (χ3n) is 1.12. The molecule has 0 N–H and O–H groups in total.